The maximum atomic E-state index is 5.93. The van der Waals surface area contributed by atoms with Crippen LogP contribution in [0.4, 0.5) is 0 Å². The lowest BCUT2D eigenvalue weighted by Gasteiger charge is -2.36. The van der Waals surface area contributed by atoms with Crippen LogP contribution in [-0.4, -0.2) is 29.3 Å². The van der Waals surface area contributed by atoms with Gasteiger partial charge < -0.3 is 16.2 Å². The fraction of sp³-hybridized carbons (Fsp3) is 0.556. The maximum absolute atomic E-state index is 5.93. The largest absolute Gasteiger partial charge is 0.493 e. The molecule has 0 atom stereocenters. The highest BCUT2D eigenvalue weighted by atomic mass is 16.7. The minimum Gasteiger partial charge on any atom is -0.493 e. The summed E-state index contributed by atoms with van der Waals surface area (Å²) in [5, 5.41) is 1.47. The molecular weight excluding hydrogens is 318 g/mol. The van der Waals surface area contributed by atoms with Gasteiger partial charge in [-0.1, -0.05) is 44.4 Å². The van der Waals surface area contributed by atoms with E-state index in [-0.39, 0.29) is 11.9 Å². The molecule has 1 heterocycles. The Morgan fingerprint density at radius 2 is 1.88 bits per heavy atom. The van der Waals surface area contributed by atoms with Gasteiger partial charge in [-0.05, 0) is 26.3 Å². The Morgan fingerprint density at radius 1 is 1.12 bits per heavy atom. The zero-order valence-electron chi connectivity index (χ0n) is 15.4. The van der Waals surface area contributed by atoms with Crippen molar-refractivity contribution in [1.29, 1.82) is 0 Å². The summed E-state index contributed by atoms with van der Waals surface area (Å²) in [6, 6.07) is 7.84. The van der Waals surface area contributed by atoms with Crippen LogP contribution >= 0.6 is 0 Å². The molecule has 0 aromatic heterocycles. The predicted molar refractivity (Wildman–Crippen MR) is 100 cm³/mol. The monoisotopic (exact) mass is 347 g/mol. The van der Waals surface area contributed by atoms with E-state index in [2.05, 4.69) is 16.9 Å². The molecule has 0 unspecified atom stereocenters. The highest BCUT2D eigenvalue weighted by Gasteiger charge is 2.33. The van der Waals surface area contributed by atoms with E-state index >= 15 is 0 Å². The van der Waals surface area contributed by atoms with Crippen molar-refractivity contribution in [3.05, 3.63) is 29.8 Å². The van der Waals surface area contributed by atoms with Crippen LogP contribution in [0.25, 0.3) is 0 Å². The molecule has 0 saturated carbocycles. The zero-order chi connectivity index (χ0) is 18.3. The summed E-state index contributed by atoms with van der Waals surface area (Å²) < 4.78 is 5.91. The lowest BCUT2D eigenvalue weighted by Crippen LogP contribution is -2.53. The van der Waals surface area contributed by atoms with Gasteiger partial charge in [-0.2, -0.15) is 10.1 Å². The van der Waals surface area contributed by atoms with Crippen molar-refractivity contribution in [2.45, 2.75) is 58.7 Å². The SMILES string of the molecule is CCCCCCOc1ccccc1CON1C(N)=NC(N)=NC1(C)C. The minimum atomic E-state index is -0.716. The molecule has 4 N–H and O–H groups in total. The van der Waals surface area contributed by atoms with Crippen molar-refractivity contribution < 1.29 is 9.57 Å². The van der Waals surface area contributed by atoms with Crippen molar-refractivity contribution in [3.63, 3.8) is 0 Å². The fourth-order valence-electron chi connectivity index (χ4n) is 2.63. The number of guanidine groups is 2. The van der Waals surface area contributed by atoms with E-state index in [0.29, 0.717) is 13.2 Å². The summed E-state index contributed by atoms with van der Waals surface area (Å²) in [4.78, 5) is 14.1. The van der Waals surface area contributed by atoms with Gasteiger partial charge in [0.1, 0.15) is 12.4 Å². The number of rotatable bonds is 9. The predicted octanol–water partition coefficient (Wildman–Crippen LogP) is 2.76. The van der Waals surface area contributed by atoms with Crippen molar-refractivity contribution in [2.24, 2.45) is 21.5 Å². The number of aliphatic imine (C=N–C) groups is 2. The highest BCUT2D eigenvalue weighted by molar-refractivity contribution is 5.95. The number of benzene rings is 1. The fourth-order valence-corrected chi connectivity index (χ4v) is 2.63. The third-order valence-corrected chi connectivity index (χ3v) is 3.90. The van der Waals surface area contributed by atoms with Crippen LogP contribution in [-0.2, 0) is 11.4 Å². The summed E-state index contributed by atoms with van der Waals surface area (Å²) in [5.41, 5.74) is 11.8. The van der Waals surface area contributed by atoms with Gasteiger partial charge >= 0.3 is 0 Å². The lowest BCUT2D eigenvalue weighted by atomic mass is 10.2. The van der Waals surface area contributed by atoms with Gasteiger partial charge in [0, 0.05) is 5.56 Å². The lowest BCUT2D eigenvalue weighted by molar-refractivity contribution is -0.167. The molecule has 0 spiro atoms. The van der Waals surface area contributed by atoms with Crippen LogP contribution in [0.2, 0.25) is 0 Å². The summed E-state index contributed by atoms with van der Waals surface area (Å²) in [6.45, 7) is 6.92. The Bertz CT molecular complexity index is 628. The molecule has 0 bridgehead atoms. The Kier molecular flexibility index (Phi) is 6.64. The van der Waals surface area contributed by atoms with E-state index in [4.69, 9.17) is 21.0 Å². The van der Waals surface area contributed by atoms with Gasteiger partial charge in [0.05, 0.1) is 6.61 Å². The summed E-state index contributed by atoms with van der Waals surface area (Å²) in [7, 11) is 0. The quantitative estimate of drug-likeness (QED) is 0.669. The van der Waals surface area contributed by atoms with Crippen molar-refractivity contribution in [3.8, 4) is 5.75 Å². The molecule has 7 heteroatoms. The molecule has 0 fully saturated rings. The molecule has 0 amide bonds. The normalized spacial score (nSPS) is 16.4. The second kappa shape index (κ2) is 8.71. The third-order valence-electron chi connectivity index (χ3n) is 3.90. The Hall–Kier alpha value is -2.28. The molecule has 1 aliphatic heterocycles. The molecule has 0 radical (unpaired) electrons. The molecule has 7 nitrogen and oxygen atoms in total. The van der Waals surface area contributed by atoms with Gasteiger partial charge in [0.2, 0.25) is 11.9 Å². The average molecular weight is 347 g/mol. The first-order chi connectivity index (χ1) is 11.9. The van der Waals surface area contributed by atoms with Gasteiger partial charge in [0.15, 0.2) is 5.66 Å². The summed E-state index contributed by atoms with van der Waals surface area (Å²) in [6.07, 6.45) is 4.69. The van der Waals surface area contributed by atoms with Crippen molar-refractivity contribution in [2.75, 3.05) is 6.61 Å². The number of hydrogen-bond acceptors (Lipinski definition) is 7. The zero-order valence-corrected chi connectivity index (χ0v) is 15.4. The Labute approximate surface area is 149 Å². The topological polar surface area (TPSA) is 98.5 Å². The molecule has 25 heavy (non-hydrogen) atoms. The van der Waals surface area contributed by atoms with Crippen LogP contribution in [0.1, 0.15) is 52.0 Å². The highest BCUT2D eigenvalue weighted by Crippen LogP contribution is 2.24. The Balaban J connectivity index is 1.96. The van der Waals surface area contributed by atoms with Crippen molar-refractivity contribution in [1.82, 2.24) is 5.06 Å². The Morgan fingerprint density at radius 3 is 2.60 bits per heavy atom. The molecule has 0 saturated heterocycles. The molecule has 1 aromatic carbocycles. The van der Waals surface area contributed by atoms with Gasteiger partial charge in [-0.25, -0.2) is 4.99 Å². The van der Waals surface area contributed by atoms with Crippen LogP contribution < -0.4 is 16.2 Å². The van der Waals surface area contributed by atoms with Crippen LogP contribution in [0.15, 0.2) is 34.3 Å². The van der Waals surface area contributed by atoms with E-state index in [1.54, 1.807) is 0 Å². The number of unbranched alkanes of at least 4 members (excludes halogenated alkanes) is 3. The average Bonchev–Trinajstić information content (AvgIpc) is 2.54. The number of hydroxylamine groups is 2. The second-order valence-electron chi connectivity index (χ2n) is 6.52. The molecule has 1 aromatic rings. The van der Waals surface area contributed by atoms with E-state index in [0.717, 1.165) is 17.7 Å². The minimum absolute atomic E-state index is 0.151. The van der Waals surface area contributed by atoms with Crippen LogP contribution in [0.3, 0.4) is 0 Å². The molecule has 0 aliphatic carbocycles. The summed E-state index contributed by atoms with van der Waals surface area (Å²) >= 11 is 0. The molecule has 138 valence electrons. The van der Waals surface area contributed by atoms with Crippen molar-refractivity contribution >= 4 is 11.9 Å². The van der Waals surface area contributed by atoms with E-state index in [9.17, 15) is 0 Å². The number of nitrogens with two attached hydrogens (primary N) is 2. The number of para-hydroxylation sites is 1. The standard InChI is InChI=1S/C18H29N5O2/c1-4-5-6-9-12-24-15-11-8-7-10-14(15)13-25-23-17(20)21-16(19)22-18(23,2)3/h7-8,10-11H,4-6,9,12-13H2,1-3H3,(H4,19,20,21,22). The third kappa shape index (κ3) is 5.35. The molecular formula is C18H29N5O2. The number of ether oxygens (including phenoxy) is 1. The van der Waals surface area contributed by atoms with Crippen LogP contribution in [0.5, 0.6) is 5.75 Å². The van der Waals surface area contributed by atoms with Gasteiger partial charge in [-0.3, -0.25) is 4.84 Å². The molecule has 1 aliphatic rings. The first-order valence-electron chi connectivity index (χ1n) is 8.77. The smallest absolute Gasteiger partial charge is 0.226 e. The van der Waals surface area contributed by atoms with Gasteiger partial charge in [-0.15, -0.1) is 0 Å². The summed E-state index contributed by atoms with van der Waals surface area (Å²) in [5.74, 6) is 1.17. The first-order valence-corrected chi connectivity index (χ1v) is 8.77. The van der Waals surface area contributed by atoms with Gasteiger partial charge in [0.25, 0.3) is 0 Å². The van der Waals surface area contributed by atoms with E-state index in [1.807, 2.05) is 38.1 Å². The number of hydrogen-bond donors (Lipinski definition) is 2. The molecule has 2 rings (SSSR count). The first kappa shape index (κ1) is 19.1. The second-order valence-corrected chi connectivity index (χ2v) is 6.52. The maximum Gasteiger partial charge on any atom is 0.226 e. The van der Waals surface area contributed by atoms with E-state index in [1.165, 1.54) is 24.3 Å². The van der Waals surface area contributed by atoms with E-state index < -0.39 is 5.66 Å². The van der Waals surface area contributed by atoms with Crippen LogP contribution in [0, 0.1) is 0 Å². The number of nitrogens with zero attached hydrogens (tertiary/aromatic N) is 3.